The van der Waals surface area contributed by atoms with Crippen LogP contribution in [-0.2, 0) is 4.79 Å². The number of carbonyl (C=O) groups is 2. The average molecular weight is 329 g/mol. The molecule has 24 heavy (non-hydrogen) atoms. The lowest BCUT2D eigenvalue weighted by atomic mass is 9.92. The fraction of sp³-hybridized carbons (Fsp3) is 0.579. The highest BCUT2D eigenvalue weighted by Gasteiger charge is 2.29. The molecule has 1 aromatic rings. The second-order valence-electron chi connectivity index (χ2n) is 7.19. The largest absolute Gasteiger partial charge is 0.370 e. The first-order valence-corrected chi connectivity index (χ1v) is 8.97. The number of amides is 2. The summed E-state index contributed by atoms with van der Waals surface area (Å²) in [5.74, 6) is 0.987. The van der Waals surface area contributed by atoms with Crippen molar-refractivity contribution in [2.24, 2.45) is 17.6 Å². The molecule has 1 aromatic carbocycles. The van der Waals surface area contributed by atoms with Gasteiger partial charge in [0.2, 0.25) is 5.91 Å². The molecule has 2 fully saturated rings. The predicted molar refractivity (Wildman–Crippen MR) is 93.4 cm³/mol. The molecule has 1 unspecified atom stereocenters. The van der Waals surface area contributed by atoms with Crippen LogP contribution in [0.15, 0.2) is 30.3 Å². The van der Waals surface area contributed by atoms with Gasteiger partial charge in [-0.3, -0.25) is 9.59 Å². The predicted octanol–water partition coefficient (Wildman–Crippen LogP) is 1.74. The number of benzene rings is 1. The fourth-order valence-corrected chi connectivity index (χ4v) is 3.95. The van der Waals surface area contributed by atoms with Gasteiger partial charge in [0.25, 0.3) is 5.91 Å². The third-order valence-corrected chi connectivity index (χ3v) is 5.31. The first-order chi connectivity index (χ1) is 11.6. The molecule has 0 aliphatic carbocycles. The third kappa shape index (κ3) is 4.35. The second kappa shape index (κ2) is 7.79. The molecule has 5 heteroatoms. The molecule has 2 aliphatic rings. The van der Waals surface area contributed by atoms with Crippen molar-refractivity contribution in [2.45, 2.75) is 25.7 Å². The van der Waals surface area contributed by atoms with Crippen molar-refractivity contribution in [1.29, 1.82) is 0 Å². The van der Waals surface area contributed by atoms with Gasteiger partial charge in [-0.05, 0) is 56.3 Å². The van der Waals surface area contributed by atoms with Crippen molar-refractivity contribution in [2.75, 3.05) is 32.7 Å². The number of primary amides is 1. The standard InChI is InChI=1S/C19H27N3O2/c20-18(23)12-15-6-9-21(10-7-15)13-16-8-11-22(14-16)19(24)17-4-2-1-3-5-17/h1-5,15-16H,6-14H2,(H2,20,23). The monoisotopic (exact) mass is 329 g/mol. The number of carbonyl (C=O) groups excluding carboxylic acids is 2. The molecule has 130 valence electrons. The Bertz CT molecular complexity index is 567. The third-order valence-electron chi connectivity index (χ3n) is 5.31. The summed E-state index contributed by atoms with van der Waals surface area (Å²) >= 11 is 0. The highest BCUT2D eigenvalue weighted by molar-refractivity contribution is 5.94. The molecule has 0 bridgehead atoms. The summed E-state index contributed by atoms with van der Waals surface area (Å²) in [6.07, 6.45) is 3.72. The molecular formula is C19H27N3O2. The van der Waals surface area contributed by atoms with Gasteiger partial charge < -0.3 is 15.5 Å². The Morgan fingerprint density at radius 1 is 1.00 bits per heavy atom. The Morgan fingerprint density at radius 2 is 1.67 bits per heavy atom. The molecule has 0 radical (unpaired) electrons. The molecule has 0 saturated carbocycles. The lowest BCUT2D eigenvalue weighted by molar-refractivity contribution is -0.119. The van der Waals surface area contributed by atoms with Crippen LogP contribution in [0.5, 0.6) is 0 Å². The summed E-state index contributed by atoms with van der Waals surface area (Å²) in [6, 6.07) is 9.54. The van der Waals surface area contributed by atoms with Gasteiger partial charge in [0, 0.05) is 31.6 Å². The van der Waals surface area contributed by atoms with Gasteiger partial charge >= 0.3 is 0 Å². The first kappa shape index (κ1) is 17.0. The Morgan fingerprint density at radius 3 is 2.33 bits per heavy atom. The number of hydrogen-bond donors (Lipinski definition) is 1. The summed E-state index contributed by atoms with van der Waals surface area (Å²) in [5.41, 5.74) is 6.07. The van der Waals surface area contributed by atoms with Crippen LogP contribution in [0.1, 0.15) is 36.0 Å². The van der Waals surface area contributed by atoms with E-state index in [1.54, 1.807) is 0 Å². The zero-order valence-electron chi connectivity index (χ0n) is 14.2. The zero-order valence-corrected chi connectivity index (χ0v) is 14.2. The minimum Gasteiger partial charge on any atom is -0.370 e. The van der Waals surface area contributed by atoms with Gasteiger partial charge in [-0.25, -0.2) is 0 Å². The molecule has 3 rings (SSSR count). The topological polar surface area (TPSA) is 66.6 Å². The Balaban J connectivity index is 1.44. The van der Waals surface area contributed by atoms with Crippen LogP contribution >= 0.6 is 0 Å². The molecule has 2 N–H and O–H groups in total. The molecule has 2 heterocycles. The van der Waals surface area contributed by atoms with Gasteiger partial charge in [0.15, 0.2) is 0 Å². The van der Waals surface area contributed by atoms with Crippen LogP contribution in [0.25, 0.3) is 0 Å². The summed E-state index contributed by atoms with van der Waals surface area (Å²) in [4.78, 5) is 28.0. The van der Waals surface area contributed by atoms with Gasteiger partial charge in [-0.1, -0.05) is 18.2 Å². The van der Waals surface area contributed by atoms with E-state index in [0.29, 0.717) is 18.3 Å². The number of likely N-dealkylation sites (tertiary alicyclic amines) is 2. The number of nitrogens with two attached hydrogens (primary N) is 1. The van der Waals surface area contributed by atoms with Crippen molar-refractivity contribution >= 4 is 11.8 Å². The molecule has 2 aliphatic heterocycles. The quantitative estimate of drug-likeness (QED) is 0.895. The van der Waals surface area contributed by atoms with Crippen LogP contribution in [0.2, 0.25) is 0 Å². The van der Waals surface area contributed by atoms with Crippen molar-refractivity contribution in [3.63, 3.8) is 0 Å². The maximum atomic E-state index is 12.5. The van der Waals surface area contributed by atoms with E-state index in [1.807, 2.05) is 35.2 Å². The van der Waals surface area contributed by atoms with E-state index < -0.39 is 0 Å². The number of piperidine rings is 1. The van der Waals surface area contributed by atoms with Gasteiger partial charge in [-0.15, -0.1) is 0 Å². The molecule has 5 nitrogen and oxygen atoms in total. The Hall–Kier alpha value is -1.88. The van der Waals surface area contributed by atoms with Gasteiger partial charge in [0.05, 0.1) is 0 Å². The number of nitrogens with zero attached hydrogens (tertiary/aromatic N) is 2. The highest BCUT2D eigenvalue weighted by atomic mass is 16.2. The van der Waals surface area contributed by atoms with E-state index in [2.05, 4.69) is 4.90 Å². The van der Waals surface area contributed by atoms with E-state index in [1.165, 1.54) is 0 Å². The minimum absolute atomic E-state index is 0.151. The number of hydrogen-bond acceptors (Lipinski definition) is 3. The molecule has 0 aromatic heterocycles. The Kier molecular flexibility index (Phi) is 5.51. The average Bonchev–Trinajstić information content (AvgIpc) is 3.05. The van der Waals surface area contributed by atoms with Crippen molar-refractivity contribution < 1.29 is 9.59 Å². The van der Waals surface area contributed by atoms with Crippen LogP contribution in [0.4, 0.5) is 0 Å². The highest BCUT2D eigenvalue weighted by Crippen LogP contribution is 2.24. The van der Waals surface area contributed by atoms with Crippen molar-refractivity contribution in [1.82, 2.24) is 9.80 Å². The SMILES string of the molecule is NC(=O)CC1CCN(CC2CCN(C(=O)c3ccccc3)C2)CC1. The second-order valence-corrected chi connectivity index (χ2v) is 7.19. The Labute approximate surface area is 143 Å². The van der Waals surface area contributed by atoms with Crippen molar-refractivity contribution in [3.05, 3.63) is 35.9 Å². The van der Waals surface area contributed by atoms with Gasteiger partial charge in [0.1, 0.15) is 0 Å². The van der Waals surface area contributed by atoms with Gasteiger partial charge in [-0.2, -0.15) is 0 Å². The van der Waals surface area contributed by atoms with E-state index in [9.17, 15) is 9.59 Å². The smallest absolute Gasteiger partial charge is 0.253 e. The van der Waals surface area contributed by atoms with Crippen LogP contribution in [0.3, 0.4) is 0 Å². The maximum Gasteiger partial charge on any atom is 0.253 e. The summed E-state index contributed by atoms with van der Waals surface area (Å²) in [5, 5.41) is 0. The first-order valence-electron chi connectivity index (χ1n) is 8.97. The molecule has 2 amide bonds. The summed E-state index contributed by atoms with van der Waals surface area (Å²) in [7, 11) is 0. The van der Waals surface area contributed by atoms with E-state index in [0.717, 1.165) is 57.5 Å². The van der Waals surface area contributed by atoms with Crippen LogP contribution < -0.4 is 5.73 Å². The van der Waals surface area contributed by atoms with E-state index in [-0.39, 0.29) is 11.8 Å². The normalized spacial score (nSPS) is 22.7. The van der Waals surface area contributed by atoms with E-state index in [4.69, 9.17) is 5.73 Å². The fourth-order valence-electron chi connectivity index (χ4n) is 3.95. The number of rotatable bonds is 5. The maximum absolute atomic E-state index is 12.5. The van der Waals surface area contributed by atoms with Crippen LogP contribution in [-0.4, -0.2) is 54.3 Å². The lowest BCUT2D eigenvalue weighted by Gasteiger charge is -2.33. The van der Waals surface area contributed by atoms with Crippen LogP contribution in [0, 0.1) is 11.8 Å². The minimum atomic E-state index is -0.181. The lowest BCUT2D eigenvalue weighted by Crippen LogP contribution is -2.39. The van der Waals surface area contributed by atoms with Crippen molar-refractivity contribution in [3.8, 4) is 0 Å². The summed E-state index contributed by atoms with van der Waals surface area (Å²) < 4.78 is 0. The van der Waals surface area contributed by atoms with E-state index >= 15 is 0 Å². The molecule has 1 atom stereocenters. The zero-order chi connectivity index (χ0) is 16.9. The molecular weight excluding hydrogens is 302 g/mol. The molecule has 0 spiro atoms. The summed E-state index contributed by atoms with van der Waals surface area (Å²) in [6.45, 7) is 4.86. The molecule has 2 saturated heterocycles.